The highest BCUT2D eigenvalue weighted by Crippen LogP contribution is 2.35. The molecule has 104 valence electrons. The van der Waals surface area contributed by atoms with Gasteiger partial charge in [-0.25, -0.2) is 4.79 Å². The van der Waals surface area contributed by atoms with E-state index >= 15 is 0 Å². The maximum atomic E-state index is 10.9. The molecule has 0 fully saturated rings. The molecule has 0 saturated carbocycles. The molecule has 0 bridgehead atoms. The maximum Gasteiger partial charge on any atom is 0.335 e. The average Bonchev–Trinajstić information content (AvgIpc) is 2.46. The summed E-state index contributed by atoms with van der Waals surface area (Å²) in [6.07, 6.45) is 0. The molecule has 0 aromatic heterocycles. The molecule has 2 N–H and O–H groups in total. The molecule has 0 atom stereocenters. The molecule has 5 nitrogen and oxygen atoms in total. The summed E-state index contributed by atoms with van der Waals surface area (Å²) in [5.74, 6) is -0.0302. The normalized spacial score (nSPS) is 10.1. The van der Waals surface area contributed by atoms with Gasteiger partial charge in [0.15, 0.2) is 0 Å². The number of phenolic OH excluding ortho intramolecular Hbond substituents is 1. The van der Waals surface area contributed by atoms with Gasteiger partial charge in [-0.2, -0.15) is 0 Å². The molecule has 0 spiro atoms. The lowest BCUT2D eigenvalue weighted by Crippen LogP contribution is -1.96. The molecule has 0 unspecified atom stereocenters. The van der Waals surface area contributed by atoms with Crippen molar-refractivity contribution in [2.24, 2.45) is 0 Å². The van der Waals surface area contributed by atoms with Crippen molar-refractivity contribution in [3.8, 4) is 28.4 Å². The van der Waals surface area contributed by atoms with E-state index < -0.39 is 5.97 Å². The van der Waals surface area contributed by atoms with Gasteiger partial charge in [-0.1, -0.05) is 0 Å². The molecule has 2 aromatic rings. The van der Waals surface area contributed by atoms with Crippen LogP contribution in [0.5, 0.6) is 17.2 Å². The van der Waals surface area contributed by atoms with E-state index in [0.29, 0.717) is 22.6 Å². The molecular weight excluding hydrogens is 260 g/mol. The van der Waals surface area contributed by atoms with E-state index in [-0.39, 0.29) is 11.3 Å². The Hall–Kier alpha value is -2.69. The molecule has 0 aliphatic carbocycles. The van der Waals surface area contributed by atoms with Crippen LogP contribution in [0.4, 0.5) is 0 Å². The molecule has 5 heteroatoms. The lowest BCUT2D eigenvalue weighted by Gasteiger charge is -2.10. The summed E-state index contributed by atoms with van der Waals surface area (Å²) in [5.41, 5.74) is 1.21. The summed E-state index contributed by atoms with van der Waals surface area (Å²) in [4.78, 5) is 10.9. The average molecular weight is 274 g/mol. The number of rotatable bonds is 4. The van der Waals surface area contributed by atoms with Crippen molar-refractivity contribution >= 4 is 5.97 Å². The molecule has 0 aliphatic rings. The minimum atomic E-state index is -1.09. The van der Waals surface area contributed by atoms with Crippen LogP contribution in [-0.2, 0) is 0 Å². The molecule has 2 aromatic carbocycles. The van der Waals surface area contributed by atoms with Crippen LogP contribution in [0.2, 0.25) is 0 Å². The smallest absolute Gasteiger partial charge is 0.335 e. The fraction of sp³-hybridized carbons (Fsp3) is 0.133. The molecule has 0 saturated heterocycles. The van der Waals surface area contributed by atoms with Crippen molar-refractivity contribution in [2.75, 3.05) is 14.2 Å². The summed E-state index contributed by atoms with van der Waals surface area (Å²) >= 11 is 0. The van der Waals surface area contributed by atoms with Gasteiger partial charge < -0.3 is 19.7 Å². The van der Waals surface area contributed by atoms with Crippen molar-refractivity contribution in [1.82, 2.24) is 0 Å². The van der Waals surface area contributed by atoms with E-state index in [1.54, 1.807) is 24.3 Å². The van der Waals surface area contributed by atoms with Gasteiger partial charge in [-0.05, 0) is 35.9 Å². The fourth-order valence-electron chi connectivity index (χ4n) is 1.87. The summed E-state index contributed by atoms with van der Waals surface area (Å²) in [5, 5.41) is 18.9. The third-order valence-corrected chi connectivity index (χ3v) is 2.91. The predicted molar refractivity (Wildman–Crippen MR) is 73.6 cm³/mol. The van der Waals surface area contributed by atoms with Crippen LogP contribution in [0.15, 0.2) is 36.4 Å². The number of hydrogen-bond acceptors (Lipinski definition) is 4. The van der Waals surface area contributed by atoms with Gasteiger partial charge >= 0.3 is 5.97 Å². The van der Waals surface area contributed by atoms with Gasteiger partial charge in [-0.3, -0.25) is 0 Å². The quantitative estimate of drug-likeness (QED) is 0.896. The minimum absolute atomic E-state index is 0.0288. The number of benzene rings is 2. The second-order valence-corrected chi connectivity index (χ2v) is 4.14. The zero-order valence-corrected chi connectivity index (χ0v) is 11.1. The van der Waals surface area contributed by atoms with Gasteiger partial charge in [0.05, 0.1) is 19.8 Å². The van der Waals surface area contributed by atoms with E-state index in [9.17, 15) is 9.90 Å². The van der Waals surface area contributed by atoms with Crippen LogP contribution in [0.1, 0.15) is 10.4 Å². The van der Waals surface area contributed by atoms with E-state index in [1.807, 2.05) is 0 Å². The summed E-state index contributed by atoms with van der Waals surface area (Å²) in [6.45, 7) is 0. The third kappa shape index (κ3) is 2.66. The first-order valence-corrected chi connectivity index (χ1v) is 5.85. The Morgan fingerprint density at radius 2 is 1.60 bits per heavy atom. The standard InChI is InChI=1S/C15H14O5/c1-19-11-5-10(6-12(8-11)20-2)13-4-3-9(15(17)18)7-14(13)16/h3-8,16H,1-2H3,(H,17,18). The third-order valence-electron chi connectivity index (χ3n) is 2.91. The zero-order chi connectivity index (χ0) is 14.7. The van der Waals surface area contributed by atoms with Crippen molar-refractivity contribution in [3.05, 3.63) is 42.0 Å². The fourth-order valence-corrected chi connectivity index (χ4v) is 1.87. The number of carboxylic acid groups (broad SMARTS) is 1. The van der Waals surface area contributed by atoms with E-state index in [1.165, 1.54) is 26.4 Å². The molecular formula is C15H14O5. The number of carboxylic acids is 1. The lowest BCUT2D eigenvalue weighted by atomic mass is 10.0. The van der Waals surface area contributed by atoms with E-state index in [4.69, 9.17) is 14.6 Å². The largest absolute Gasteiger partial charge is 0.507 e. The van der Waals surface area contributed by atoms with Gasteiger partial charge in [0, 0.05) is 11.6 Å². The van der Waals surface area contributed by atoms with Crippen LogP contribution >= 0.6 is 0 Å². The van der Waals surface area contributed by atoms with E-state index in [2.05, 4.69) is 0 Å². The summed E-state index contributed by atoms with van der Waals surface area (Å²) in [6, 6.07) is 9.38. The number of phenols is 1. The van der Waals surface area contributed by atoms with Crippen molar-refractivity contribution < 1.29 is 24.5 Å². The van der Waals surface area contributed by atoms with Crippen LogP contribution in [0, 0.1) is 0 Å². The zero-order valence-electron chi connectivity index (χ0n) is 11.1. The Morgan fingerprint density at radius 1 is 1.00 bits per heavy atom. The molecule has 0 aliphatic heterocycles. The van der Waals surface area contributed by atoms with Crippen molar-refractivity contribution in [3.63, 3.8) is 0 Å². The van der Waals surface area contributed by atoms with Crippen LogP contribution in [-0.4, -0.2) is 30.4 Å². The SMILES string of the molecule is COc1cc(OC)cc(-c2ccc(C(=O)O)cc2O)c1. The number of aromatic hydroxyl groups is 1. The molecule has 0 radical (unpaired) electrons. The highest BCUT2D eigenvalue weighted by molar-refractivity contribution is 5.89. The van der Waals surface area contributed by atoms with Gasteiger partial charge in [0.1, 0.15) is 17.2 Å². The first-order valence-electron chi connectivity index (χ1n) is 5.85. The minimum Gasteiger partial charge on any atom is -0.507 e. The maximum absolute atomic E-state index is 10.9. The van der Waals surface area contributed by atoms with Crippen LogP contribution < -0.4 is 9.47 Å². The van der Waals surface area contributed by atoms with Gasteiger partial charge in [-0.15, -0.1) is 0 Å². The highest BCUT2D eigenvalue weighted by Gasteiger charge is 2.11. The first-order chi connectivity index (χ1) is 9.55. The van der Waals surface area contributed by atoms with Crippen LogP contribution in [0.3, 0.4) is 0 Å². The first kappa shape index (κ1) is 13.7. The number of methoxy groups -OCH3 is 2. The topological polar surface area (TPSA) is 76.0 Å². The van der Waals surface area contributed by atoms with Crippen molar-refractivity contribution in [2.45, 2.75) is 0 Å². The lowest BCUT2D eigenvalue weighted by molar-refractivity contribution is 0.0696. The predicted octanol–water partition coefficient (Wildman–Crippen LogP) is 2.77. The van der Waals surface area contributed by atoms with Gasteiger partial charge in [0.25, 0.3) is 0 Å². The van der Waals surface area contributed by atoms with E-state index in [0.717, 1.165) is 0 Å². The number of ether oxygens (including phenoxy) is 2. The molecule has 20 heavy (non-hydrogen) atoms. The number of carbonyl (C=O) groups is 1. The summed E-state index contributed by atoms with van der Waals surface area (Å²) < 4.78 is 10.3. The Morgan fingerprint density at radius 3 is 2.05 bits per heavy atom. The Kier molecular flexibility index (Phi) is 3.79. The molecule has 2 rings (SSSR count). The summed E-state index contributed by atoms with van der Waals surface area (Å²) in [7, 11) is 3.07. The van der Waals surface area contributed by atoms with Crippen LogP contribution in [0.25, 0.3) is 11.1 Å². The van der Waals surface area contributed by atoms with Gasteiger partial charge in [0.2, 0.25) is 0 Å². The second-order valence-electron chi connectivity index (χ2n) is 4.14. The van der Waals surface area contributed by atoms with Crippen molar-refractivity contribution in [1.29, 1.82) is 0 Å². The molecule has 0 heterocycles. The highest BCUT2D eigenvalue weighted by atomic mass is 16.5. The molecule has 0 amide bonds. The second kappa shape index (κ2) is 5.52. The Balaban J connectivity index is 2.53. The monoisotopic (exact) mass is 274 g/mol. The Labute approximate surface area is 116 Å². The Bertz CT molecular complexity index is 626. The number of aromatic carboxylic acids is 1. The number of hydrogen-bond donors (Lipinski definition) is 2.